The third-order valence-electron chi connectivity index (χ3n) is 9.62. The van der Waals surface area contributed by atoms with E-state index >= 15 is 8.78 Å². The molecule has 1 amide bonds. The third-order valence-corrected chi connectivity index (χ3v) is 9.62. The van der Waals surface area contributed by atoms with E-state index in [0.717, 1.165) is 30.5 Å². The highest BCUT2D eigenvalue weighted by Crippen LogP contribution is 2.42. The number of amides is 1. The van der Waals surface area contributed by atoms with Gasteiger partial charge in [0, 0.05) is 48.6 Å². The molecule has 1 saturated heterocycles. The van der Waals surface area contributed by atoms with E-state index < -0.39 is 101 Å². The van der Waals surface area contributed by atoms with Gasteiger partial charge in [-0.05, 0) is 84.5 Å². The van der Waals surface area contributed by atoms with Gasteiger partial charge in [0.05, 0.1) is 23.6 Å². The lowest BCUT2D eigenvalue weighted by atomic mass is 9.91. The number of aliphatic carboxylic acids is 1. The molecule has 2 aliphatic heterocycles. The van der Waals surface area contributed by atoms with Crippen molar-refractivity contribution >= 4 is 11.9 Å². The smallest absolute Gasteiger partial charge is 0.416 e. The van der Waals surface area contributed by atoms with Gasteiger partial charge in [0.25, 0.3) is 5.56 Å². The first-order valence-electron chi connectivity index (χ1n) is 16.9. The second-order valence-electron chi connectivity index (χ2n) is 13.6. The summed E-state index contributed by atoms with van der Waals surface area (Å²) in [4.78, 5) is 41.5. The summed E-state index contributed by atoms with van der Waals surface area (Å²) in [6.07, 6.45) is -11.7. The number of aromatic nitrogens is 1. The second-order valence-corrected chi connectivity index (χ2v) is 13.6. The molecule has 6 rings (SSSR count). The van der Waals surface area contributed by atoms with E-state index in [1.54, 1.807) is 0 Å². The SMILES string of the molecule is Cc1cc2cc(c1F)[C@@H](CC(=O)O)NC(=O)[C@@H](n1cc(CCN3CC(F)C3)c(C(F)(F)F)cc1=O)c1cc(ccc1F)COc1cc(C(F)(F)F)cc(C)c1-2. The van der Waals surface area contributed by atoms with Gasteiger partial charge in [-0.25, -0.2) is 13.2 Å². The molecule has 1 fully saturated rings. The zero-order valence-electron chi connectivity index (χ0n) is 29.0. The molecule has 3 aromatic carbocycles. The zero-order valence-corrected chi connectivity index (χ0v) is 29.0. The van der Waals surface area contributed by atoms with Gasteiger partial charge in [-0.3, -0.25) is 23.9 Å². The maximum absolute atomic E-state index is 16.0. The summed E-state index contributed by atoms with van der Waals surface area (Å²) in [7, 11) is 0. The number of halogens is 9. The maximum atomic E-state index is 16.0. The molecule has 0 saturated carbocycles. The molecule has 292 valence electrons. The fourth-order valence-corrected chi connectivity index (χ4v) is 6.96. The Hall–Kier alpha value is -5.32. The normalized spacial score (nSPS) is 18.1. The molecule has 1 aromatic heterocycles. The fraction of sp³-hybridized carbons (Fsp3) is 0.342. The van der Waals surface area contributed by atoms with Crippen LogP contribution in [0, 0.1) is 25.5 Å². The molecule has 8 nitrogen and oxygen atoms in total. The molecule has 4 bridgehead atoms. The summed E-state index contributed by atoms with van der Waals surface area (Å²) in [6.45, 7) is 1.99. The van der Waals surface area contributed by atoms with Gasteiger partial charge in [0.2, 0.25) is 5.91 Å². The molecular formula is C38H32F9N3O5. The Kier molecular flexibility index (Phi) is 10.5. The fourth-order valence-electron chi connectivity index (χ4n) is 6.96. The minimum Gasteiger partial charge on any atom is -0.488 e. The highest BCUT2D eigenvalue weighted by molar-refractivity contribution is 5.85. The van der Waals surface area contributed by atoms with E-state index in [4.69, 9.17) is 4.74 Å². The second kappa shape index (κ2) is 14.7. The molecule has 55 heavy (non-hydrogen) atoms. The number of alkyl halides is 7. The Bertz CT molecular complexity index is 2230. The lowest BCUT2D eigenvalue weighted by Gasteiger charge is -2.34. The van der Waals surface area contributed by atoms with Crippen LogP contribution in [0.15, 0.2) is 59.5 Å². The first-order valence-corrected chi connectivity index (χ1v) is 16.9. The molecule has 4 aromatic rings. The number of ether oxygens (including phenoxy) is 1. The van der Waals surface area contributed by atoms with Crippen LogP contribution in [0.4, 0.5) is 39.5 Å². The molecule has 2 N–H and O–H groups in total. The summed E-state index contributed by atoms with van der Waals surface area (Å²) >= 11 is 0. The van der Waals surface area contributed by atoms with Gasteiger partial charge in [-0.1, -0.05) is 6.07 Å². The lowest BCUT2D eigenvalue weighted by molar-refractivity contribution is -0.139. The first kappa shape index (κ1) is 39.4. The molecule has 3 heterocycles. The average molecular weight is 782 g/mol. The van der Waals surface area contributed by atoms with E-state index in [1.807, 2.05) is 0 Å². The number of carbonyl (C=O) groups excluding carboxylic acids is 1. The van der Waals surface area contributed by atoms with Gasteiger partial charge in [-0.2, -0.15) is 26.3 Å². The van der Waals surface area contributed by atoms with E-state index in [-0.39, 0.29) is 65.7 Å². The standard InChI is InChI=1S/C38H32F9N3O5/c1-18-8-23(37(42,43)44)11-30-33(18)22-7-19(2)34(41)26(10-22)29(13-32(52)53)48-36(54)35(25-9-20(17-55-30)3-4-28(25)40)50-14-21(5-6-49-15-24(39)16-49)27(12-31(50)51)38(45,46)47/h3-4,7-12,14,24,29,35H,5-6,13,15-17H2,1-2H3,(H,48,54)(H,52,53)/t29-,35+/m1/s1. The summed E-state index contributed by atoms with van der Waals surface area (Å²) < 4.78 is 136. The summed E-state index contributed by atoms with van der Waals surface area (Å²) in [6, 6.07) is 3.38. The Morgan fingerprint density at radius 3 is 2.27 bits per heavy atom. The van der Waals surface area contributed by atoms with Crippen LogP contribution in [-0.2, 0) is 35.0 Å². The number of carboxylic acids is 1. The van der Waals surface area contributed by atoms with Crippen molar-refractivity contribution < 1.29 is 58.9 Å². The van der Waals surface area contributed by atoms with Crippen molar-refractivity contribution in [3.05, 3.63) is 121 Å². The number of carboxylic acid groups (broad SMARTS) is 1. The topological polar surface area (TPSA) is 101 Å². The Balaban J connectivity index is 1.58. The monoisotopic (exact) mass is 781 g/mol. The van der Waals surface area contributed by atoms with Crippen molar-refractivity contribution in [3.8, 4) is 16.9 Å². The molecule has 2 atom stereocenters. The van der Waals surface area contributed by atoms with Crippen LogP contribution >= 0.6 is 0 Å². The third kappa shape index (κ3) is 8.21. The zero-order chi connectivity index (χ0) is 40.1. The Morgan fingerprint density at radius 2 is 1.64 bits per heavy atom. The van der Waals surface area contributed by atoms with Crippen molar-refractivity contribution in [2.75, 3.05) is 19.6 Å². The first-order chi connectivity index (χ1) is 25.7. The number of aryl methyl sites for hydroxylation is 2. The van der Waals surface area contributed by atoms with Crippen molar-refractivity contribution in [3.63, 3.8) is 0 Å². The number of hydrogen-bond acceptors (Lipinski definition) is 5. The minimum atomic E-state index is -5.05. The van der Waals surface area contributed by atoms with Gasteiger partial charge in [0.15, 0.2) is 0 Å². The molecule has 0 spiro atoms. The van der Waals surface area contributed by atoms with Crippen molar-refractivity contribution in [2.24, 2.45) is 0 Å². The van der Waals surface area contributed by atoms with E-state index in [1.165, 1.54) is 30.9 Å². The summed E-state index contributed by atoms with van der Waals surface area (Å²) in [5.74, 6) is -5.33. The number of nitrogens with zero attached hydrogens (tertiary/aromatic N) is 2. The van der Waals surface area contributed by atoms with Gasteiger partial charge in [-0.15, -0.1) is 0 Å². The summed E-state index contributed by atoms with van der Waals surface area (Å²) in [5, 5.41) is 12.2. The molecule has 0 radical (unpaired) electrons. The molecular weight excluding hydrogens is 749 g/mol. The molecule has 0 aliphatic carbocycles. The van der Waals surface area contributed by atoms with Gasteiger partial charge >= 0.3 is 18.3 Å². The largest absolute Gasteiger partial charge is 0.488 e. The van der Waals surface area contributed by atoms with Crippen LogP contribution in [0.5, 0.6) is 5.75 Å². The van der Waals surface area contributed by atoms with Gasteiger partial charge < -0.3 is 15.2 Å². The Morgan fingerprint density at radius 1 is 0.927 bits per heavy atom. The number of likely N-dealkylation sites (tertiary alicyclic amines) is 1. The predicted molar refractivity (Wildman–Crippen MR) is 179 cm³/mol. The maximum Gasteiger partial charge on any atom is 0.416 e. The molecule has 2 aliphatic rings. The van der Waals surface area contributed by atoms with Crippen molar-refractivity contribution in [1.29, 1.82) is 0 Å². The number of pyridine rings is 1. The van der Waals surface area contributed by atoms with Gasteiger partial charge in [0.1, 0.15) is 36.2 Å². The number of rotatable bonds is 6. The van der Waals surface area contributed by atoms with E-state index in [9.17, 15) is 50.2 Å². The Labute approximate surface area is 307 Å². The molecule has 0 unspecified atom stereocenters. The predicted octanol–water partition coefficient (Wildman–Crippen LogP) is 7.46. The molecule has 17 heteroatoms. The van der Waals surface area contributed by atoms with Crippen molar-refractivity contribution in [2.45, 2.75) is 63.9 Å². The van der Waals surface area contributed by atoms with E-state index in [0.29, 0.717) is 10.6 Å². The minimum absolute atomic E-state index is 0.0319. The van der Waals surface area contributed by atoms with Crippen LogP contribution in [0.1, 0.15) is 63.0 Å². The van der Waals surface area contributed by atoms with Crippen LogP contribution in [0.2, 0.25) is 0 Å². The average Bonchev–Trinajstić information content (AvgIpc) is 3.06. The number of carbonyl (C=O) groups is 2. The summed E-state index contributed by atoms with van der Waals surface area (Å²) in [5.41, 5.74) is -5.21. The number of nitrogens with one attached hydrogen (secondary N) is 1. The highest BCUT2D eigenvalue weighted by Gasteiger charge is 2.38. The van der Waals surface area contributed by atoms with Crippen LogP contribution < -0.4 is 15.6 Å². The highest BCUT2D eigenvalue weighted by atomic mass is 19.4. The quantitative estimate of drug-likeness (QED) is 0.197. The van der Waals surface area contributed by atoms with Crippen molar-refractivity contribution in [1.82, 2.24) is 14.8 Å². The lowest BCUT2D eigenvalue weighted by Crippen LogP contribution is -2.49. The number of fused-ring (bicyclic) bond motifs is 6. The van der Waals surface area contributed by atoms with Crippen LogP contribution in [0.25, 0.3) is 11.1 Å². The van der Waals surface area contributed by atoms with Crippen LogP contribution in [0.3, 0.4) is 0 Å². The number of benzene rings is 3. The number of hydrogen-bond donors (Lipinski definition) is 2. The van der Waals surface area contributed by atoms with Crippen LogP contribution in [-0.4, -0.2) is 52.3 Å². The van der Waals surface area contributed by atoms with E-state index in [2.05, 4.69) is 5.32 Å².